The number of para-hydroxylation sites is 1. The highest BCUT2D eigenvalue weighted by Crippen LogP contribution is 2.32. The molecule has 1 aliphatic rings. The largest absolute Gasteiger partial charge is 0.481 e. The van der Waals surface area contributed by atoms with Gasteiger partial charge in [-0.25, -0.2) is 0 Å². The summed E-state index contributed by atoms with van der Waals surface area (Å²) in [5, 5.41) is 10.7. The molecule has 3 aromatic rings. The summed E-state index contributed by atoms with van der Waals surface area (Å²) in [6.45, 7) is 2.00. The molecule has 0 fully saturated rings. The van der Waals surface area contributed by atoms with Gasteiger partial charge in [0.1, 0.15) is 0 Å². The van der Waals surface area contributed by atoms with E-state index in [0.29, 0.717) is 38.9 Å². The molecular weight excluding hydrogens is 400 g/mol. The number of carboxylic acids is 1. The Morgan fingerprint density at radius 1 is 1.03 bits per heavy atom. The van der Waals surface area contributed by atoms with Gasteiger partial charge >= 0.3 is 5.97 Å². The first-order valence-electron chi connectivity index (χ1n) is 10.4. The molecule has 0 aliphatic carbocycles. The van der Waals surface area contributed by atoms with E-state index in [1.807, 2.05) is 29.2 Å². The first-order chi connectivity index (χ1) is 14.5. The van der Waals surface area contributed by atoms with E-state index in [1.165, 1.54) is 22.2 Å². The third-order valence-corrected chi connectivity index (χ3v) is 6.02. The van der Waals surface area contributed by atoms with Crippen LogP contribution in [-0.4, -0.2) is 33.0 Å². The third kappa shape index (κ3) is 4.36. The number of carbonyl (C=O) groups excluding carboxylic acids is 1. The number of rotatable bonds is 7. The zero-order chi connectivity index (χ0) is 21.1. The third-order valence-electron chi connectivity index (χ3n) is 5.78. The molecule has 156 valence electrons. The van der Waals surface area contributed by atoms with Gasteiger partial charge in [0.05, 0.1) is 6.54 Å². The molecule has 1 aliphatic heterocycles. The number of halogens is 1. The van der Waals surface area contributed by atoms with Gasteiger partial charge in [-0.05, 0) is 48.6 Å². The Morgan fingerprint density at radius 2 is 1.83 bits per heavy atom. The van der Waals surface area contributed by atoms with Crippen LogP contribution in [-0.2, 0) is 29.1 Å². The fourth-order valence-electron chi connectivity index (χ4n) is 4.32. The van der Waals surface area contributed by atoms with Gasteiger partial charge in [0.25, 0.3) is 0 Å². The molecule has 0 spiro atoms. The maximum atomic E-state index is 12.7. The highest BCUT2D eigenvalue weighted by Gasteiger charge is 2.26. The van der Waals surface area contributed by atoms with Crippen LogP contribution in [0.1, 0.15) is 42.5 Å². The Hall–Kier alpha value is -2.79. The first-order valence-corrected chi connectivity index (χ1v) is 10.7. The van der Waals surface area contributed by atoms with E-state index in [9.17, 15) is 9.59 Å². The number of aliphatic carboxylic acids is 1. The zero-order valence-electron chi connectivity index (χ0n) is 16.8. The molecule has 0 radical (unpaired) electrons. The predicted molar refractivity (Wildman–Crippen MR) is 118 cm³/mol. The lowest BCUT2D eigenvalue weighted by atomic mass is 10.0. The molecule has 4 rings (SSSR count). The van der Waals surface area contributed by atoms with Gasteiger partial charge in [-0.3, -0.25) is 9.59 Å². The highest BCUT2D eigenvalue weighted by molar-refractivity contribution is 6.30. The molecule has 1 amide bonds. The summed E-state index contributed by atoms with van der Waals surface area (Å²) in [5.74, 6) is -0.707. The lowest BCUT2D eigenvalue weighted by Crippen LogP contribution is -2.36. The zero-order valence-corrected chi connectivity index (χ0v) is 17.6. The molecule has 0 saturated carbocycles. The van der Waals surface area contributed by atoms with Gasteiger partial charge in [0.15, 0.2) is 0 Å². The van der Waals surface area contributed by atoms with E-state index in [4.69, 9.17) is 16.7 Å². The molecule has 2 aromatic carbocycles. The lowest BCUT2D eigenvalue weighted by molar-refractivity contribution is -0.137. The standard InChI is InChI=1S/C24H25ClN2O3/c25-18-7-5-6-17(14-18)15-27-21-9-2-1-8-19(21)20-12-13-26(16-22(20)27)23(28)10-3-4-11-24(29)30/h1-2,5-9,14H,3-4,10-13,15-16H2,(H,29,30). The molecule has 2 heterocycles. The highest BCUT2D eigenvalue weighted by atomic mass is 35.5. The van der Waals surface area contributed by atoms with Gasteiger partial charge in [-0.15, -0.1) is 0 Å². The maximum absolute atomic E-state index is 12.7. The molecule has 0 saturated heterocycles. The quantitative estimate of drug-likeness (QED) is 0.550. The molecule has 0 unspecified atom stereocenters. The van der Waals surface area contributed by atoms with E-state index in [2.05, 4.69) is 28.8 Å². The number of carbonyl (C=O) groups is 2. The topological polar surface area (TPSA) is 62.5 Å². The smallest absolute Gasteiger partial charge is 0.303 e. The van der Waals surface area contributed by atoms with E-state index in [-0.39, 0.29) is 12.3 Å². The van der Waals surface area contributed by atoms with Crippen LogP contribution in [0.15, 0.2) is 48.5 Å². The summed E-state index contributed by atoms with van der Waals surface area (Å²) in [4.78, 5) is 25.3. The van der Waals surface area contributed by atoms with Crippen molar-refractivity contribution in [3.63, 3.8) is 0 Å². The van der Waals surface area contributed by atoms with Crippen LogP contribution in [0, 0.1) is 0 Å². The van der Waals surface area contributed by atoms with Crippen LogP contribution in [0.25, 0.3) is 10.9 Å². The lowest BCUT2D eigenvalue weighted by Gasteiger charge is -2.29. The SMILES string of the molecule is O=C(O)CCCCC(=O)N1CCc2c(n(Cc3cccc(Cl)c3)c3ccccc23)C1. The van der Waals surface area contributed by atoms with Crippen molar-refractivity contribution in [2.45, 2.75) is 45.2 Å². The normalized spacial score (nSPS) is 13.4. The van der Waals surface area contributed by atoms with Gasteiger partial charge in [-0.1, -0.05) is 41.9 Å². The Kier molecular flexibility index (Phi) is 6.09. The monoisotopic (exact) mass is 424 g/mol. The minimum atomic E-state index is -0.810. The van der Waals surface area contributed by atoms with Crippen molar-refractivity contribution in [3.8, 4) is 0 Å². The van der Waals surface area contributed by atoms with E-state index in [0.717, 1.165) is 17.0 Å². The molecule has 30 heavy (non-hydrogen) atoms. The number of amides is 1. The number of unbranched alkanes of at least 4 members (excludes halogenated alkanes) is 1. The van der Waals surface area contributed by atoms with Gasteiger partial charge in [0.2, 0.25) is 5.91 Å². The second kappa shape index (κ2) is 8.92. The maximum Gasteiger partial charge on any atom is 0.303 e. The van der Waals surface area contributed by atoms with Crippen LogP contribution >= 0.6 is 11.6 Å². The number of nitrogens with zero attached hydrogens (tertiary/aromatic N) is 2. The second-order valence-electron chi connectivity index (χ2n) is 7.82. The van der Waals surface area contributed by atoms with Crippen LogP contribution in [0.5, 0.6) is 0 Å². The molecule has 1 aromatic heterocycles. The van der Waals surface area contributed by atoms with Gasteiger partial charge in [-0.2, -0.15) is 0 Å². The first kappa shape index (κ1) is 20.5. The van der Waals surface area contributed by atoms with E-state index < -0.39 is 5.97 Å². The van der Waals surface area contributed by atoms with Crippen LogP contribution < -0.4 is 0 Å². The van der Waals surface area contributed by atoms with Crippen molar-refractivity contribution >= 4 is 34.4 Å². The van der Waals surface area contributed by atoms with Crippen molar-refractivity contribution in [2.75, 3.05) is 6.54 Å². The van der Waals surface area contributed by atoms with E-state index in [1.54, 1.807) is 0 Å². The van der Waals surface area contributed by atoms with Crippen LogP contribution in [0.4, 0.5) is 0 Å². The fourth-order valence-corrected chi connectivity index (χ4v) is 4.53. The molecule has 0 atom stereocenters. The van der Waals surface area contributed by atoms with Crippen molar-refractivity contribution in [1.82, 2.24) is 9.47 Å². The summed E-state index contributed by atoms with van der Waals surface area (Å²) < 4.78 is 2.31. The van der Waals surface area contributed by atoms with Crippen molar-refractivity contribution in [2.24, 2.45) is 0 Å². The fraction of sp³-hybridized carbons (Fsp3) is 0.333. The number of aromatic nitrogens is 1. The minimum absolute atomic E-state index is 0.102. The minimum Gasteiger partial charge on any atom is -0.481 e. The Labute approximate surface area is 180 Å². The average molecular weight is 425 g/mol. The Bertz CT molecular complexity index is 1090. The summed E-state index contributed by atoms with van der Waals surface area (Å²) >= 11 is 6.19. The van der Waals surface area contributed by atoms with Crippen LogP contribution in [0.3, 0.4) is 0 Å². The van der Waals surface area contributed by atoms with Crippen LogP contribution in [0.2, 0.25) is 5.02 Å². The number of carboxylic acid groups (broad SMARTS) is 1. The Morgan fingerprint density at radius 3 is 2.63 bits per heavy atom. The number of fused-ring (bicyclic) bond motifs is 3. The van der Waals surface area contributed by atoms with E-state index >= 15 is 0 Å². The van der Waals surface area contributed by atoms with Gasteiger partial charge in [0, 0.05) is 47.6 Å². The molecule has 1 N–H and O–H groups in total. The Balaban J connectivity index is 1.58. The van der Waals surface area contributed by atoms with Gasteiger partial charge < -0.3 is 14.6 Å². The average Bonchev–Trinajstić information content (AvgIpc) is 3.04. The number of hydrogen-bond donors (Lipinski definition) is 1. The van der Waals surface area contributed by atoms with Crippen molar-refractivity contribution in [1.29, 1.82) is 0 Å². The molecule has 5 nitrogen and oxygen atoms in total. The number of hydrogen-bond acceptors (Lipinski definition) is 2. The summed E-state index contributed by atoms with van der Waals surface area (Å²) in [7, 11) is 0. The summed E-state index contributed by atoms with van der Waals surface area (Å²) in [6, 6.07) is 16.3. The molecule has 0 bridgehead atoms. The molecular formula is C24H25ClN2O3. The summed E-state index contributed by atoms with van der Waals surface area (Å²) in [6.07, 6.45) is 2.50. The molecule has 6 heteroatoms. The van der Waals surface area contributed by atoms with Crippen molar-refractivity contribution < 1.29 is 14.7 Å². The second-order valence-corrected chi connectivity index (χ2v) is 8.26. The number of benzene rings is 2. The summed E-state index contributed by atoms with van der Waals surface area (Å²) in [5.41, 5.74) is 4.81. The predicted octanol–water partition coefficient (Wildman–Crippen LogP) is 4.87. The van der Waals surface area contributed by atoms with Crippen molar-refractivity contribution in [3.05, 3.63) is 70.4 Å².